The van der Waals surface area contributed by atoms with Gasteiger partial charge in [0.2, 0.25) is 0 Å². The number of hydrogen-bond acceptors (Lipinski definition) is 6. The van der Waals surface area contributed by atoms with Gasteiger partial charge in [0.15, 0.2) is 18.1 Å². The molecule has 0 aromatic heterocycles. The average molecular weight is 320 g/mol. The van der Waals surface area contributed by atoms with Gasteiger partial charge in [0.25, 0.3) is 5.91 Å². The Bertz CT molecular complexity index is 665. The number of amides is 1. The summed E-state index contributed by atoms with van der Waals surface area (Å²) in [5, 5.41) is 8.53. The van der Waals surface area contributed by atoms with Crippen molar-refractivity contribution >= 4 is 40.3 Å². The van der Waals surface area contributed by atoms with Crippen LogP contribution in [0.5, 0.6) is 11.5 Å². The lowest BCUT2D eigenvalue weighted by molar-refractivity contribution is -0.121. The van der Waals surface area contributed by atoms with Crippen molar-refractivity contribution in [2.24, 2.45) is 0 Å². The van der Waals surface area contributed by atoms with Crippen LogP contribution in [0.15, 0.2) is 23.1 Å². The van der Waals surface area contributed by atoms with Crippen LogP contribution >= 0.6 is 24.0 Å². The van der Waals surface area contributed by atoms with Crippen molar-refractivity contribution < 1.29 is 14.3 Å². The molecule has 7 heteroatoms. The summed E-state index contributed by atoms with van der Waals surface area (Å²) in [6.45, 7) is -0.0514. The molecule has 0 bridgehead atoms. The van der Waals surface area contributed by atoms with Gasteiger partial charge in [-0.25, -0.2) is 0 Å². The molecule has 1 amide bonds. The second-order valence-corrected chi connectivity index (χ2v) is 5.77. The van der Waals surface area contributed by atoms with E-state index in [1.165, 1.54) is 23.8 Å². The van der Waals surface area contributed by atoms with Crippen LogP contribution in [0.1, 0.15) is 5.56 Å². The van der Waals surface area contributed by atoms with Crippen LogP contribution in [0.3, 0.4) is 0 Å². The lowest BCUT2D eigenvalue weighted by Crippen LogP contribution is -2.22. The van der Waals surface area contributed by atoms with Crippen LogP contribution in [-0.2, 0) is 4.79 Å². The van der Waals surface area contributed by atoms with E-state index in [0.29, 0.717) is 20.7 Å². The first kappa shape index (κ1) is 15.4. The molecule has 1 aliphatic rings. The molecule has 0 unspecified atom stereocenters. The lowest BCUT2D eigenvalue weighted by Gasteiger charge is -2.09. The monoisotopic (exact) mass is 320 g/mol. The first-order valence-electron chi connectivity index (χ1n) is 5.96. The lowest BCUT2D eigenvalue weighted by atomic mass is 10.2. The first-order valence-corrected chi connectivity index (χ1v) is 7.18. The van der Waals surface area contributed by atoms with Crippen LogP contribution in [0.2, 0.25) is 0 Å². The molecule has 1 aromatic rings. The SMILES string of the molecule is COc1cc(/C=C2\SC(=S)N(C)C2=O)ccc1OCC#N. The Kier molecular flexibility index (Phi) is 4.83. The zero-order chi connectivity index (χ0) is 15.4. The topological polar surface area (TPSA) is 62.6 Å². The fourth-order valence-corrected chi connectivity index (χ4v) is 2.88. The molecule has 2 rings (SSSR count). The van der Waals surface area contributed by atoms with Crippen molar-refractivity contribution in [3.8, 4) is 17.6 Å². The fraction of sp³-hybridized carbons (Fsp3) is 0.214. The summed E-state index contributed by atoms with van der Waals surface area (Å²) in [4.78, 5) is 13.9. The van der Waals surface area contributed by atoms with E-state index in [9.17, 15) is 4.79 Å². The van der Waals surface area contributed by atoms with Crippen LogP contribution < -0.4 is 9.47 Å². The standard InChI is InChI=1S/C14H12N2O3S2/c1-16-13(17)12(21-14(16)20)8-9-3-4-10(19-6-5-15)11(7-9)18-2/h3-4,7-8H,6H2,1-2H3/b12-8-. The Balaban J connectivity index is 2.28. The van der Waals surface area contributed by atoms with E-state index in [1.54, 1.807) is 31.3 Å². The number of carbonyl (C=O) groups excluding carboxylic acids is 1. The van der Waals surface area contributed by atoms with Gasteiger partial charge in [-0.3, -0.25) is 9.69 Å². The minimum Gasteiger partial charge on any atom is -0.493 e. The summed E-state index contributed by atoms with van der Waals surface area (Å²) < 4.78 is 11.0. The van der Waals surface area contributed by atoms with E-state index < -0.39 is 0 Å². The average Bonchev–Trinajstić information content (AvgIpc) is 2.73. The molecule has 0 spiro atoms. The Hall–Kier alpha value is -2.04. The third kappa shape index (κ3) is 3.35. The predicted octanol–water partition coefficient (Wildman–Crippen LogP) is 2.43. The molecule has 1 fully saturated rings. The zero-order valence-corrected chi connectivity index (χ0v) is 13.1. The van der Waals surface area contributed by atoms with Gasteiger partial charge in [0.05, 0.1) is 12.0 Å². The molecule has 0 radical (unpaired) electrons. The van der Waals surface area contributed by atoms with Crippen molar-refractivity contribution in [2.75, 3.05) is 20.8 Å². The number of likely N-dealkylation sites (N-methyl/N-ethyl adjacent to an activating group) is 1. The van der Waals surface area contributed by atoms with Gasteiger partial charge < -0.3 is 9.47 Å². The summed E-state index contributed by atoms with van der Waals surface area (Å²) in [6, 6.07) is 7.14. The largest absolute Gasteiger partial charge is 0.493 e. The van der Waals surface area contributed by atoms with Gasteiger partial charge in [-0.15, -0.1) is 0 Å². The molecular formula is C14H12N2O3S2. The van der Waals surface area contributed by atoms with Crippen LogP contribution in [0.4, 0.5) is 0 Å². The highest BCUT2D eigenvalue weighted by Crippen LogP contribution is 2.33. The molecule has 0 N–H and O–H groups in total. The Morgan fingerprint density at radius 1 is 1.48 bits per heavy atom. The summed E-state index contributed by atoms with van der Waals surface area (Å²) in [6.07, 6.45) is 1.75. The van der Waals surface area contributed by atoms with E-state index in [1.807, 2.05) is 6.07 Å². The van der Waals surface area contributed by atoms with E-state index in [2.05, 4.69) is 0 Å². The summed E-state index contributed by atoms with van der Waals surface area (Å²) in [7, 11) is 3.17. The number of ether oxygens (including phenoxy) is 2. The number of benzene rings is 1. The number of thiocarbonyl (C=S) groups is 1. The highest BCUT2D eigenvalue weighted by atomic mass is 32.2. The first-order chi connectivity index (χ1) is 10.1. The number of nitrogens with zero attached hydrogens (tertiary/aromatic N) is 2. The number of nitriles is 1. The molecule has 0 saturated carbocycles. The molecular weight excluding hydrogens is 308 g/mol. The fourth-order valence-electron chi connectivity index (χ4n) is 1.70. The van der Waals surface area contributed by atoms with E-state index in [-0.39, 0.29) is 12.5 Å². The van der Waals surface area contributed by atoms with Crippen LogP contribution in [0.25, 0.3) is 6.08 Å². The van der Waals surface area contributed by atoms with Crippen molar-refractivity contribution in [1.29, 1.82) is 5.26 Å². The number of hydrogen-bond donors (Lipinski definition) is 0. The Labute approximate surface area is 132 Å². The van der Waals surface area contributed by atoms with Crippen molar-refractivity contribution in [3.05, 3.63) is 28.7 Å². The Morgan fingerprint density at radius 2 is 2.24 bits per heavy atom. The highest BCUT2D eigenvalue weighted by Gasteiger charge is 2.28. The normalized spacial score (nSPS) is 16.2. The maximum absolute atomic E-state index is 11.9. The van der Waals surface area contributed by atoms with Crippen molar-refractivity contribution in [3.63, 3.8) is 0 Å². The molecule has 108 valence electrons. The third-order valence-corrected chi connectivity index (χ3v) is 4.25. The summed E-state index contributed by atoms with van der Waals surface area (Å²) >= 11 is 6.34. The van der Waals surface area contributed by atoms with Gasteiger partial charge in [-0.1, -0.05) is 30.0 Å². The maximum atomic E-state index is 11.9. The van der Waals surface area contributed by atoms with Gasteiger partial charge in [-0.05, 0) is 23.8 Å². The number of rotatable bonds is 4. The molecule has 0 aliphatic carbocycles. The van der Waals surface area contributed by atoms with Gasteiger partial charge in [0.1, 0.15) is 10.4 Å². The predicted molar refractivity (Wildman–Crippen MR) is 85.0 cm³/mol. The van der Waals surface area contributed by atoms with Crippen LogP contribution in [-0.4, -0.2) is 35.9 Å². The molecule has 5 nitrogen and oxygen atoms in total. The highest BCUT2D eigenvalue weighted by molar-refractivity contribution is 8.26. The van der Waals surface area contributed by atoms with Crippen molar-refractivity contribution in [2.45, 2.75) is 0 Å². The number of carbonyl (C=O) groups is 1. The van der Waals surface area contributed by atoms with Gasteiger partial charge in [-0.2, -0.15) is 5.26 Å². The molecule has 1 aliphatic heterocycles. The van der Waals surface area contributed by atoms with Gasteiger partial charge in [0, 0.05) is 7.05 Å². The number of methoxy groups -OCH3 is 1. The summed E-state index contributed by atoms with van der Waals surface area (Å²) in [5.74, 6) is 0.874. The molecule has 1 aromatic carbocycles. The molecule has 0 atom stereocenters. The van der Waals surface area contributed by atoms with E-state index >= 15 is 0 Å². The van der Waals surface area contributed by atoms with Gasteiger partial charge >= 0.3 is 0 Å². The van der Waals surface area contributed by atoms with Crippen LogP contribution in [0, 0.1) is 11.3 Å². The van der Waals surface area contributed by atoms with E-state index in [4.69, 9.17) is 27.0 Å². The number of thioether (sulfide) groups is 1. The Morgan fingerprint density at radius 3 is 2.81 bits per heavy atom. The summed E-state index contributed by atoms with van der Waals surface area (Å²) in [5.41, 5.74) is 0.796. The maximum Gasteiger partial charge on any atom is 0.265 e. The second-order valence-electron chi connectivity index (χ2n) is 4.10. The van der Waals surface area contributed by atoms with Crippen molar-refractivity contribution in [1.82, 2.24) is 4.90 Å². The minimum absolute atomic E-state index is 0.0514. The molecule has 1 saturated heterocycles. The second kappa shape index (κ2) is 6.61. The smallest absolute Gasteiger partial charge is 0.265 e. The zero-order valence-electron chi connectivity index (χ0n) is 11.5. The molecule has 1 heterocycles. The molecule has 21 heavy (non-hydrogen) atoms. The van der Waals surface area contributed by atoms with E-state index in [0.717, 1.165) is 5.56 Å². The third-order valence-electron chi connectivity index (χ3n) is 2.76. The minimum atomic E-state index is -0.117. The quantitative estimate of drug-likeness (QED) is 0.627.